The first-order valence-corrected chi connectivity index (χ1v) is 10.1. The molecule has 1 N–H and O–H groups in total. The van der Waals surface area contributed by atoms with E-state index in [-0.39, 0.29) is 5.91 Å². The summed E-state index contributed by atoms with van der Waals surface area (Å²) in [7, 11) is 2.01. The first-order chi connectivity index (χ1) is 13.2. The molecule has 3 rings (SSSR count). The summed E-state index contributed by atoms with van der Waals surface area (Å²) >= 11 is 0. The SMILES string of the molecule is CCc1ccccc1NC(=O)CN(C)Cc1ccccc1N1CCCCC1. The molecule has 0 aromatic heterocycles. The molecule has 0 aliphatic carbocycles. The fourth-order valence-corrected chi connectivity index (χ4v) is 3.82. The van der Waals surface area contributed by atoms with Crippen molar-refractivity contribution in [2.75, 3.05) is 36.9 Å². The molecule has 0 radical (unpaired) electrons. The summed E-state index contributed by atoms with van der Waals surface area (Å²) < 4.78 is 0. The lowest BCUT2D eigenvalue weighted by atomic mass is 10.1. The fraction of sp³-hybridized carbons (Fsp3) is 0.435. The molecule has 4 heteroatoms. The molecule has 0 bridgehead atoms. The summed E-state index contributed by atoms with van der Waals surface area (Å²) in [6.45, 7) is 5.53. The summed E-state index contributed by atoms with van der Waals surface area (Å²) in [6, 6.07) is 16.6. The van der Waals surface area contributed by atoms with Crippen molar-refractivity contribution in [3.05, 3.63) is 59.7 Å². The molecule has 1 aliphatic rings. The lowest BCUT2D eigenvalue weighted by Crippen LogP contribution is -2.33. The van der Waals surface area contributed by atoms with Crippen molar-refractivity contribution in [1.29, 1.82) is 0 Å². The van der Waals surface area contributed by atoms with E-state index in [0.29, 0.717) is 6.54 Å². The molecule has 1 aliphatic heterocycles. The average molecular weight is 366 g/mol. The van der Waals surface area contributed by atoms with Gasteiger partial charge in [0.25, 0.3) is 0 Å². The highest BCUT2D eigenvalue weighted by atomic mass is 16.2. The van der Waals surface area contributed by atoms with E-state index in [2.05, 4.69) is 52.4 Å². The number of hydrogen-bond acceptors (Lipinski definition) is 3. The molecule has 4 nitrogen and oxygen atoms in total. The first kappa shape index (κ1) is 19.4. The second-order valence-electron chi connectivity index (χ2n) is 7.41. The number of carbonyl (C=O) groups is 1. The Labute approximate surface area is 163 Å². The number of aryl methyl sites for hydroxylation is 1. The highest BCUT2D eigenvalue weighted by Gasteiger charge is 2.16. The molecule has 1 fully saturated rings. The van der Waals surface area contributed by atoms with Gasteiger partial charge in [-0.05, 0) is 56.0 Å². The third kappa shape index (κ3) is 5.33. The number of hydrogen-bond donors (Lipinski definition) is 1. The van der Waals surface area contributed by atoms with E-state index in [9.17, 15) is 4.79 Å². The maximum absolute atomic E-state index is 12.5. The van der Waals surface area contributed by atoms with Crippen LogP contribution in [0.25, 0.3) is 0 Å². The number of piperidine rings is 1. The molecule has 27 heavy (non-hydrogen) atoms. The molecule has 0 atom stereocenters. The van der Waals surface area contributed by atoms with Crippen LogP contribution in [0.15, 0.2) is 48.5 Å². The number of carbonyl (C=O) groups excluding carboxylic acids is 1. The molecular weight excluding hydrogens is 334 g/mol. The van der Waals surface area contributed by atoms with Gasteiger partial charge in [-0.15, -0.1) is 0 Å². The largest absolute Gasteiger partial charge is 0.371 e. The normalized spacial score (nSPS) is 14.4. The lowest BCUT2D eigenvalue weighted by molar-refractivity contribution is -0.117. The second kappa shape index (κ2) is 9.56. The maximum Gasteiger partial charge on any atom is 0.238 e. The molecule has 144 valence electrons. The van der Waals surface area contributed by atoms with Crippen LogP contribution in [0.1, 0.15) is 37.3 Å². The summed E-state index contributed by atoms with van der Waals surface area (Å²) in [5, 5.41) is 3.07. The van der Waals surface area contributed by atoms with Gasteiger partial charge in [0.2, 0.25) is 5.91 Å². The Morgan fingerprint density at radius 1 is 1.00 bits per heavy atom. The van der Waals surface area contributed by atoms with Crippen molar-refractivity contribution in [1.82, 2.24) is 4.90 Å². The first-order valence-electron chi connectivity index (χ1n) is 10.1. The zero-order valence-electron chi connectivity index (χ0n) is 16.6. The second-order valence-corrected chi connectivity index (χ2v) is 7.41. The van der Waals surface area contributed by atoms with Crippen LogP contribution in [0.2, 0.25) is 0 Å². The smallest absolute Gasteiger partial charge is 0.238 e. The van der Waals surface area contributed by atoms with Gasteiger partial charge in [-0.1, -0.05) is 43.3 Å². The zero-order chi connectivity index (χ0) is 19.1. The molecule has 2 aromatic carbocycles. The molecule has 0 spiro atoms. The van der Waals surface area contributed by atoms with Crippen LogP contribution >= 0.6 is 0 Å². The van der Waals surface area contributed by atoms with Gasteiger partial charge in [0, 0.05) is 31.0 Å². The molecule has 2 aromatic rings. The van der Waals surface area contributed by atoms with Crippen LogP contribution in [0.5, 0.6) is 0 Å². The number of amides is 1. The Morgan fingerprint density at radius 3 is 2.41 bits per heavy atom. The Kier molecular flexibility index (Phi) is 6.88. The van der Waals surface area contributed by atoms with E-state index in [1.165, 1.54) is 36.1 Å². The lowest BCUT2D eigenvalue weighted by Gasteiger charge is -2.31. The molecular formula is C23H31N3O. The topological polar surface area (TPSA) is 35.6 Å². The van der Waals surface area contributed by atoms with E-state index in [0.717, 1.165) is 31.7 Å². The van der Waals surface area contributed by atoms with Crippen molar-refractivity contribution in [2.45, 2.75) is 39.2 Å². The van der Waals surface area contributed by atoms with Gasteiger partial charge in [-0.25, -0.2) is 0 Å². The molecule has 1 heterocycles. The third-order valence-corrected chi connectivity index (χ3v) is 5.21. The molecule has 1 saturated heterocycles. The van der Waals surface area contributed by atoms with Crippen LogP contribution in [0.4, 0.5) is 11.4 Å². The van der Waals surface area contributed by atoms with Crippen LogP contribution < -0.4 is 10.2 Å². The van der Waals surface area contributed by atoms with Gasteiger partial charge in [-0.2, -0.15) is 0 Å². The molecule has 0 unspecified atom stereocenters. The van der Waals surface area contributed by atoms with Gasteiger partial charge in [0.05, 0.1) is 6.54 Å². The summed E-state index contributed by atoms with van der Waals surface area (Å²) in [5.74, 6) is 0.0360. The van der Waals surface area contributed by atoms with Crippen LogP contribution in [-0.2, 0) is 17.8 Å². The minimum Gasteiger partial charge on any atom is -0.371 e. The van der Waals surface area contributed by atoms with Crippen molar-refractivity contribution in [3.63, 3.8) is 0 Å². The summed E-state index contributed by atoms with van der Waals surface area (Å²) in [5.41, 5.74) is 4.71. The molecule has 1 amide bonds. The Bertz CT molecular complexity index is 753. The van der Waals surface area contributed by atoms with Gasteiger partial charge in [0.1, 0.15) is 0 Å². The zero-order valence-corrected chi connectivity index (χ0v) is 16.6. The van der Waals surface area contributed by atoms with Crippen molar-refractivity contribution < 1.29 is 4.79 Å². The van der Waals surface area contributed by atoms with Crippen molar-refractivity contribution >= 4 is 17.3 Å². The van der Waals surface area contributed by atoms with E-state index in [1.54, 1.807) is 0 Å². The number of likely N-dealkylation sites (N-methyl/N-ethyl adjacent to an activating group) is 1. The van der Waals surface area contributed by atoms with Crippen molar-refractivity contribution in [3.8, 4) is 0 Å². The van der Waals surface area contributed by atoms with Crippen LogP contribution in [-0.4, -0.2) is 37.5 Å². The Hall–Kier alpha value is -2.33. The fourth-order valence-electron chi connectivity index (χ4n) is 3.82. The van der Waals surface area contributed by atoms with Gasteiger partial charge in [0.15, 0.2) is 0 Å². The number of rotatable bonds is 7. The maximum atomic E-state index is 12.5. The highest BCUT2D eigenvalue weighted by molar-refractivity contribution is 5.93. The van der Waals surface area contributed by atoms with Crippen molar-refractivity contribution in [2.24, 2.45) is 0 Å². The van der Waals surface area contributed by atoms with Crippen LogP contribution in [0, 0.1) is 0 Å². The number of nitrogens with zero attached hydrogens (tertiary/aromatic N) is 2. The minimum absolute atomic E-state index is 0.0360. The highest BCUT2D eigenvalue weighted by Crippen LogP contribution is 2.25. The quantitative estimate of drug-likeness (QED) is 0.794. The standard InChI is InChI=1S/C23H31N3O/c1-3-19-11-5-7-13-21(19)24-23(27)18-25(2)17-20-12-6-8-14-22(20)26-15-9-4-10-16-26/h5-8,11-14H,3-4,9-10,15-18H2,1-2H3,(H,24,27). The summed E-state index contributed by atoms with van der Waals surface area (Å²) in [4.78, 5) is 17.1. The van der Waals surface area contributed by atoms with Gasteiger partial charge >= 0.3 is 0 Å². The third-order valence-electron chi connectivity index (χ3n) is 5.21. The van der Waals surface area contributed by atoms with E-state index < -0.39 is 0 Å². The predicted octanol–water partition coefficient (Wildman–Crippen LogP) is 4.31. The number of benzene rings is 2. The Morgan fingerprint density at radius 2 is 1.67 bits per heavy atom. The average Bonchev–Trinajstić information content (AvgIpc) is 2.69. The number of anilines is 2. The van der Waals surface area contributed by atoms with Gasteiger partial charge < -0.3 is 10.2 Å². The summed E-state index contributed by atoms with van der Waals surface area (Å²) in [6.07, 6.45) is 4.78. The van der Waals surface area contributed by atoms with Crippen LogP contribution in [0.3, 0.4) is 0 Å². The monoisotopic (exact) mass is 365 g/mol. The predicted molar refractivity (Wildman–Crippen MR) is 113 cm³/mol. The Balaban J connectivity index is 1.60. The van der Waals surface area contributed by atoms with Gasteiger partial charge in [-0.3, -0.25) is 9.69 Å². The molecule has 0 saturated carbocycles. The minimum atomic E-state index is 0.0360. The van der Waals surface area contributed by atoms with E-state index >= 15 is 0 Å². The van der Waals surface area contributed by atoms with E-state index in [1.807, 2.05) is 25.2 Å². The number of nitrogens with one attached hydrogen (secondary N) is 1. The van der Waals surface area contributed by atoms with E-state index in [4.69, 9.17) is 0 Å². The number of para-hydroxylation sites is 2.